The number of nitrogens with zero attached hydrogens (tertiary/aromatic N) is 1. The quantitative estimate of drug-likeness (QED) is 0.398. The minimum Gasteiger partial charge on any atom is -0.258 e. The Morgan fingerprint density at radius 3 is 2.54 bits per heavy atom. The van der Waals surface area contributed by atoms with Crippen LogP contribution in [0.25, 0.3) is 0 Å². The van der Waals surface area contributed by atoms with Crippen molar-refractivity contribution in [1.29, 1.82) is 0 Å². The lowest BCUT2D eigenvalue weighted by Gasteiger charge is -1.89. The molecule has 72 valence electrons. The summed E-state index contributed by atoms with van der Waals surface area (Å²) < 4.78 is 0. The second-order valence-electron chi connectivity index (χ2n) is 2.30. The first-order chi connectivity index (χ1) is 6.11. The van der Waals surface area contributed by atoms with Crippen molar-refractivity contribution in [2.24, 2.45) is 0 Å². The molecule has 0 saturated heterocycles. The van der Waals surface area contributed by atoms with Crippen molar-refractivity contribution in [2.75, 3.05) is 0 Å². The molecule has 0 aromatic carbocycles. The van der Waals surface area contributed by atoms with Crippen LogP contribution in [-0.4, -0.2) is 4.92 Å². The van der Waals surface area contributed by atoms with E-state index < -0.39 is 4.92 Å². The number of hydrogen-bond donors (Lipinski definition) is 0. The van der Waals surface area contributed by atoms with Crippen molar-refractivity contribution in [2.45, 2.75) is 20.3 Å². The molecule has 0 rings (SSSR count). The zero-order chi connectivity index (χ0) is 10.3. The van der Waals surface area contributed by atoms with Crippen LogP contribution in [0, 0.1) is 10.1 Å². The Balaban J connectivity index is 4.54. The minimum atomic E-state index is -0.431. The van der Waals surface area contributed by atoms with Crippen LogP contribution in [-0.2, 0) is 0 Å². The van der Waals surface area contributed by atoms with Crippen LogP contribution < -0.4 is 0 Å². The smallest absolute Gasteiger partial charge is 0.258 e. The third kappa shape index (κ3) is 5.20. The number of rotatable bonds is 4. The first kappa shape index (κ1) is 11.9. The molecule has 0 atom stereocenters. The van der Waals surface area contributed by atoms with E-state index in [1.807, 2.05) is 6.92 Å². The molecule has 0 bridgehead atoms. The molecule has 0 N–H and O–H groups in total. The van der Waals surface area contributed by atoms with E-state index in [1.54, 1.807) is 13.0 Å². The Hall–Kier alpha value is -1.09. The summed E-state index contributed by atoms with van der Waals surface area (Å²) in [5, 5.41) is 10.9. The summed E-state index contributed by atoms with van der Waals surface area (Å²) in [4.78, 5) is 9.98. The van der Waals surface area contributed by atoms with E-state index in [2.05, 4.69) is 0 Å². The molecule has 0 aromatic heterocycles. The molecule has 0 saturated carbocycles. The maximum Gasteiger partial charge on any atom is 0.265 e. The predicted octanol–water partition coefficient (Wildman–Crippen LogP) is 3.26. The fraction of sp³-hybridized carbons (Fsp3) is 0.333. The Morgan fingerprint density at radius 1 is 1.54 bits per heavy atom. The van der Waals surface area contributed by atoms with E-state index in [0.717, 1.165) is 0 Å². The maximum atomic E-state index is 10.4. The largest absolute Gasteiger partial charge is 0.265 e. The second kappa shape index (κ2) is 6.43. The normalized spacial score (nSPS) is 13.8. The third-order valence-corrected chi connectivity index (χ3v) is 1.66. The summed E-state index contributed by atoms with van der Waals surface area (Å²) in [5.41, 5.74) is 0.0718. The number of hydrogen-bond acceptors (Lipinski definition) is 2. The average Bonchev–Trinajstić information content (AvgIpc) is 2.11. The standard InChI is InChI=1S/C9H12ClNO2/c1-3-5-9(11(12)13)7-6-8(10)4-2/h4-7H,3H2,1-2H3/b7-6-,8-4+,9-5+. The lowest BCUT2D eigenvalue weighted by Crippen LogP contribution is -1.94. The summed E-state index contributed by atoms with van der Waals surface area (Å²) in [6.45, 7) is 3.61. The van der Waals surface area contributed by atoms with Gasteiger partial charge in [0.15, 0.2) is 0 Å². The molecule has 0 amide bonds. The Morgan fingerprint density at radius 2 is 2.15 bits per heavy atom. The molecular formula is C9H12ClNO2. The van der Waals surface area contributed by atoms with E-state index in [4.69, 9.17) is 11.6 Å². The van der Waals surface area contributed by atoms with Crippen molar-refractivity contribution in [3.8, 4) is 0 Å². The van der Waals surface area contributed by atoms with Crippen molar-refractivity contribution in [1.82, 2.24) is 0 Å². The van der Waals surface area contributed by atoms with Gasteiger partial charge in [-0.2, -0.15) is 0 Å². The lowest BCUT2D eigenvalue weighted by molar-refractivity contribution is -0.419. The van der Waals surface area contributed by atoms with Gasteiger partial charge < -0.3 is 0 Å². The van der Waals surface area contributed by atoms with Gasteiger partial charge >= 0.3 is 0 Å². The molecule has 4 heteroatoms. The summed E-state index contributed by atoms with van der Waals surface area (Å²) in [5.74, 6) is 0. The predicted molar refractivity (Wildman–Crippen MR) is 54.1 cm³/mol. The summed E-state index contributed by atoms with van der Waals surface area (Å²) in [7, 11) is 0. The van der Waals surface area contributed by atoms with Crippen LogP contribution in [0.4, 0.5) is 0 Å². The molecule has 0 aliphatic heterocycles. The number of nitro groups is 1. The molecule has 13 heavy (non-hydrogen) atoms. The van der Waals surface area contributed by atoms with Gasteiger partial charge in [0.05, 0.1) is 4.92 Å². The van der Waals surface area contributed by atoms with Gasteiger partial charge in [0, 0.05) is 11.1 Å². The second-order valence-corrected chi connectivity index (χ2v) is 2.74. The average molecular weight is 202 g/mol. The highest BCUT2D eigenvalue weighted by Gasteiger charge is 2.03. The summed E-state index contributed by atoms with van der Waals surface area (Å²) in [6, 6.07) is 0. The maximum absolute atomic E-state index is 10.4. The molecule has 0 spiro atoms. The minimum absolute atomic E-state index is 0.0718. The molecule has 0 aliphatic rings. The SMILES string of the molecule is C\C=C(Cl)/C=C\C(=C/CC)[N+](=O)[O-]. The summed E-state index contributed by atoms with van der Waals surface area (Å²) >= 11 is 5.64. The molecule has 0 aromatic rings. The van der Waals surface area contributed by atoms with E-state index in [1.165, 1.54) is 18.2 Å². The van der Waals surface area contributed by atoms with E-state index in [-0.39, 0.29) is 5.70 Å². The molecule has 3 nitrogen and oxygen atoms in total. The van der Waals surface area contributed by atoms with E-state index in [9.17, 15) is 10.1 Å². The Kier molecular flexibility index (Phi) is 5.89. The van der Waals surface area contributed by atoms with Gasteiger partial charge in [-0.3, -0.25) is 10.1 Å². The molecule has 0 fully saturated rings. The topological polar surface area (TPSA) is 43.1 Å². The third-order valence-electron chi connectivity index (χ3n) is 1.31. The van der Waals surface area contributed by atoms with Gasteiger partial charge in [-0.1, -0.05) is 24.6 Å². The van der Waals surface area contributed by atoms with Crippen LogP contribution in [0.15, 0.2) is 35.0 Å². The Bertz CT molecular complexity index is 267. The first-order valence-corrected chi connectivity index (χ1v) is 4.34. The fourth-order valence-corrected chi connectivity index (χ4v) is 0.737. The molecule has 0 heterocycles. The number of halogens is 1. The Labute approximate surface area is 82.5 Å². The lowest BCUT2D eigenvalue weighted by atomic mass is 10.3. The van der Waals surface area contributed by atoms with E-state index in [0.29, 0.717) is 11.5 Å². The highest BCUT2D eigenvalue weighted by atomic mass is 35.5. The molecular weight excluding hydrogens is 190 g/mol. The van der Waals surface area contributed by atoms with Crippen LogP contribution >= 0.6 is 11.6 Å². The molecule has 0 radical (unpaired) electrons. The zero-order valence-electron chi connectivity index (χ0n) is 7.66. The van der Waals surface area contributed by atoms with E-state index >= 15 is 0 Å². The molecule has 0 aliphatic carbocycles. The van der Waals surface area contributed by atoms with Gasteiger partial charge in [0.2, 0.25) is 0 Å². The van der Waals surface area contributed by atoms with Gasteiger partial charge in [-0.15, -0.1) is 0 Å². The van der Waals surface area contributed by atoms with Crippen molar-refractivity contribution < 1.29 is 4.92 Å². The van der Waals surface area contributed by atoms with Crippen molar-refractivity contribution >= 4 is 11.6 Å². The van der Waals surface area contributed by atoms with Crippen molar-refractivity contribution in [3.63, 3.8) is 0 Å². The fourth-order valence-electron chi connectivity index (χ4n) is 0.674. The van der Waals surface area contributed by atoms with Crippen LogP contribution in [0.3, 0.4) is 0 Å². The number of allylic oxidation sites excluding steroid dienone is 5. The van der Waals surface area contributed by atoms with Crippen LogP contribution in [0.5, 0.6) is 0 Å². The zero-order valence-corrected chi connectivity index (χ0v) is 8.41. The van der Waals surface area contributed by atoms with Gasteiger partial charge in [-0.05, 0) is 25.5 Å². The van der Waals surface area contributed by atoms with Gasteiger partial charge in [0.1, 0.15) is 0 Å². The van der Waals surface area contributed by atoms with Crippen LogP contribution in [0.2, 0.25) is 0 Å². The van der Waals surface area contributed by atoms with Crippen LogP contribution in [0.1, 0.15) is 20.3 Å². The monoisotopic (exact) mass is 201 g/mol. The van der Waals surface area contributed by atoms with Crippen molar-refractivity contribution in [3.05, 3.63) is 45.1 Å². The summed E-state index contributed by atoms with van der Waals surface area (Å²) in [6.07, 6.45) is 6.74. The molecule has 0 unspecified atom stereocenters. The highest BCUT2D eigenvalue weighted by molar-refractivity contribution is 6.31. The highest BCUT2D eigenvalue weighted by Crippen LogP contribution is 2.06. The van der Waals surface area contributed by atoms with Gasteiger partial charge in [0.25, 0.3) is 5.70 Å². The first-order valence-electron chi connectivity index (χ1n) is 3.96. The van der Waals surface area contributed by atoms with Gasteiger partial charge in [-0.25, -0.2) is 0 Å².